The van der Waals surface area contributed by atoms with Crippen molar-refractivity contribution < 1.29 is 4.42 Å². The van der Waals surface area contributed by atoms with E-state index in [-0.39, 0.29) is 0 Å². The summed E-state index contributed by atoms with van der Waals surface area (Å²) in [4.78, 5) is 16.2. The van der Waals surface area contributed by atoms with E-state index >= 15 is 0 Å². The summed E-state index contributed by atoms with van der Waals surface area (Å²) in [6, 6.07) is 84.6. The van der Waals surface area contributed by atoms with E-state index in [1.807, 2.05) is 12.1 Å². The van der Waals surface area contributed by atoms with Gasteiger partial charge in [-0.1, -0.05) is 170 Å². The van der Waals surface area contributed by atoms with Crippen molar-refractivity contribution >= 4 is 106 Å². The molecule has 0 fully saturated rings. The van der Waals surface area contributed by atoms with E-state index in [9.17, 15) is 0 Å². The number of hydrogen-bond donors (Lipinski definition) is 0. The van der Waals surface area contributed by atoms with Crippen LogP contribution in [0.5, 0.6) is 0 Å². The van der Waals surface area contributed by atoms with Gasteiger partial charge in [-0.2, -0.15) is 0 Å². The minimum Gasteiger partial charge on any atom is -0.456 e. The Kier molecular flexibility index (Phi) is 8.22. The molecule has 15 aromatic rings. The fourth-order valence-corrected chi connectivity index (χ4v) is 16.2. The van der Waals surface area contributed by atoms with Crippen LogP contribution in [0.1, 0.15) is 0 Å². The van der Waals surface area contributed by atoms with Crippen LogP contribution >= 0.6 is 0 Å². The molecule has 0 saturated heterocycles. The Labute approximate surface area is 401 Å². The van der Waals surface area contributed by atoms with Gasteiger partial charge in [0.1, 0.15) is 22.8 Å². The van der Waals surface area contributed by atoms with Gasteiger partial charge in [-0.15, -0.1) is 0 Å². The second kappa shape index (κ2) is 14.8. The molecule has 15 rings (SSSR count). The standard InChI is InChI=1S/C61H39N7OSi/c1-3-18-42(19-4-1)70(43-20-5-2-6-21-43,56-33-17-23-46-45-22-7-16-32-55(45)69-59(46)56)44-36-34-40(35-37-44)41-38-57(67-53-30-14-12-28-51(53)65-49-26-10-8-24-47(49)62-60(65)67)64-58(39-41)68-54-31-15-13-29-52(54)66-50-27-11-9-25-48(50)63-61(66)68/h1-39H. The zero-order chi connectivity index (χ0) is 45.9. The van der Waals surface area contributed by atoms with E-state index in [4.69, 9.17) is 19.4 Å². The van der Waals surface area contributed by atoms with Crippen LogP contribution in [0.25, 0.3) is 100 Å². The first-order chi connectivity index (χ1) is 34.7. The lowest BCUT2D eigenvalue weighted by molar-refractivity contribution is 0.671. The SMILES string of the molecule is c1ccc([Si](c2ccccc2)(c2ccc(-c3cc(-n4c5ccccc5n5c6ccccc6nc45)nc(-n4c5ccccc5n5c6ccccc6nc45)c3)cc2)c2cccc3c2oc2ccccc23)cc1. The summed E-state index contributed by atoms with van der Waals surface area (Å²) in [7, 11) is -3.05. The monoisotopic (exact) mass is 913 g/mol. The van der Waals surface area contributed by atoms with Crippen LogP contribution in [0.15, 0.2) is 241 Å². The maximum Gasteiger partial charge on any atom is 0.221 e. The van der Waals surface area contributed by atoms with Crippen molar-refractivity contribution in [2.24, 2.45) is 0 Å². The number of rotatable bonds is 7. The first-order valence-corrected chi connectivity index (χ1v) is 25.6. The van der Waals surface area contributed by atoms with Crippen molar-refractivity contribution in [3.63, 3.8) is 0 Å². The van der Waals surface area contributed by atoms with Crippen molar-refractivity contribution in [3.05, 3.63) is 237 Å². The lowest BCUT2D eigenvalue weighted by Gasteiger charge is -2.34. The van der Waals surface area contributed by atoms with Crippen LogP contribution in [0.4, 0.5) is 0 Å². The van der Waals surface area contributed by atoms with Crippen molar-refractivity contribution in [1.29, 1.82) is 0 Å². The van der Waals surface area contributed by atoms with Gasteiger partial charge in [-0.25, -0.2) is 15.0 Å². The van der Waals surface area contributed by atoms with E-state index in [2.05, 4.69) is 242 Å². The molecule has 0 aliphatic heterocycles. The van der Waals surface area contributed by atoms with Crippen molar-refractivity contribution in [3.8, 4) is 22.8 Å². The maximum absolute atomic E-state index is 6.91. The molecule has 0 N–H and O–H groups in total. The summed E-state index contributed by atoms with van der Waals surface area (Å²) < 4.78 is 15.8. The van der Waals surface area contributed by atoms with Crippen LogP contribution < -0.4 is 20.7 Å². The van der Waals surface area contributed by atoms with Crippen LogP contribution in [0, 0.1) is 0 Å². The number of aromatic nitrogens is 7. The quantitative estimate of drug-likeness (QED) is 0.118. The molecule has 0 saturated carbocycles. The normalized spacial score (nSPS) is 12.3. The van der Waals surface area contributed by atoms with Crippen LogP contribution in [-0.4, -0.2) is 41.0 Å². The molecule has 0 radical (unpaired) electrons. The van der Waals surface area contributed by atoms with Crippen molar-refractivity contribution in [2.75, 3.05) is 0 Å². The fraction of sp³-hybridized carbons (Fsp3) is 0. The van der Waals surface area contributed by atoms with Gasteiger partial charge in [0.15, 0.2) is 8.07 Å². The molecule has 0 unspecified atom stereocenters. The molecule has 6 heterocycles. The zero-order valence-electron chi connectivity index (χ0n) is 37.6. The molecule has 70 heavy (non-hydrogen) atoms. The third-order valence-corrected chi connectivity index (χ3v) is 19.1. The average Bonchev–Trinajstić information content (AvgIpc) is 4.24. The molecule has 0 aliphatic carbocycles. The molecular weight excluding hydrogens is 875 g/mol. The van der Waals surface area contributed by atoms with Gasteiger partial charge in [-0.3, -0.25) is 17.9 Å². The van der Waals surface area contributed by atoms with E-state index in [1.165, 1.54) is 20.7 Å². The number of nitrogens with zero attached hydrogens (tertiary/aromatic N) is 7. The topological polar surface area (TPSA) is 70.5 Å². The Balaban J connectivity index is 1.00. The summed E-state index contributed by atoms with van der Waals surface area (Å²) >= 11 is 0. The second-order valence-electron chi connectivity index (χ2n) is 18.0. The first-order valence-electron chi connectivity index (χ1n) is 23.6. The summed E-state index contributed by atoms with van der Waals surface area (Å²) in [6.07, 6.45) is 0. The van der Waals surface area contributed by atoms with Crippen molar-refractivity contribution in [2.45, 2.75) is 0 Å². The van der Waals surface area contributed by atoms with Gasteiger partial charge in [0.2, 0.25) is 11.6 Å². The number of pyridine rings is 1. The highest BCUT2D eigenvalue weighted by atomic mass is 28.3. The van der Waals surface area contributed by atoms with Crippen molar-refractivity contribution in [1.82, 2.24) is 32.9 Å². The van der Waals surface area contributed by atoms with Gasteiger partial charge in [0.25, 0.3) is 0 Å². The molecule has 9 heteroatoms. The summed E-state index contributed by atoms with van der Waals surface area (Å²) in [5.74, 6) is 3.09. The lowest BCUT2D eigenvalue weighted by Crippen LogP contribution is -2.74. The molecule has 6 aromatic heterocycles. The minimum atomic E-state index is -3.05. The fourth-order valence-electron chi connectivity index (χ4n) is 11.3. The summed E-state index contributed by atoms with van der Waals surface area (Å²) in [6.45, 7) is 0. The predicted molar refractivity (Wildman–Crippen MR) is 287 cm³/mol. The number of imidazole rings is 4. The van der Waals surface area contributed by atoms with Gasteiger partial charge in [0, 0.05) is 10.8 Å². The Bertz CT molecular complexity index is 4340. The predicted octanol–water partition coefficient (Wildman–Crippen LogP) is 11.5. The highest BCUT2D eigenvalue weighted by molar-refractivity contribution is 7.20. The molecule has 0 amide bonds. The number of benzene rings is 9. The van der Waals surface area contributed by atoms with E-state index in [1.54, 1.807) is 0 Å². The van der Waals surface area contributed by atoms with Gasteiger partial charge in [0.05, 0.1) is 44.1 Å². The number of furan rings is 1. The molecule has 328 valence electrons. The lowest BCUT2D eigenvalue weighted by atomic mass is 10.1. The average molecular weight is 914 g/mol. The Hall–Kier alpha value is -9.31. The number of fused-ring (bicyclic) bond motifs is 13. The van der Waals surface area contributed by atoms with Crippen LogP contribution in [-0.2, 0) is 0 Å². The molecule has 0 atom stereocenters. The summed E-state index contributed by atoms with van der Waals surface area (Å²) in [5.41, 5.74) is 12.0. The smallest absolute Gasteiger partial charge is 0.221 e. The molecule has 0 bridgehead atoms. The molecule has 0 spiro atoms. The molecule has 8 nitrogen and oxygen atoms in total. The van der Waals surface area contributed by atoms with Gasteiger partial charge in [-0.05, 0) is 98.6 Å². The Morgan fingerprint density at radius 1 is 0.343 bits per heavy atom. The van der Waals surface area contributed by atoms with Gasteiger partial charge < -0.3 is 4.42 Å². The highest BCUT2D eigenvalue weighted by Crippen LogP contribution is 2.35. The second-order valence-corrected chi connectivity index (χ2v) is 21.8. The molecule has 0 aliphatic rings. The van der Waals surface area contributed by atoms with Crippen LogP contribution in [0.3, 0.4) is 0 Å². The third kappa shape index (κ3) is 5.43. The maximum atomic E-state index is 6.91. The van der Waals surface area contributed by atoms with E-state index in [0.717, 1.165) is 100 Å². The number of hydrogen-bond acceptors (Lipinski definition) is 4. The Morgan fingerprint density at radius 2 is 0.800 bits per heavy atom. The summed E-state index contributed by atoms with van der Waals surface area (Å²) in [5, 5.41) is 7.27. The molecule has 9 aromatic carbocycles. The first kappa shape index (κ1) is 38.8. The van der Waals surface area contributed by atoms with Crippen LogP contribution in [0.2, 0.25) is 0 Å². The zero-order valence-corrected chi connectivity index (χ0v) is 38.6. The van der Waals surface area contributed by atoms with Gasteiger partial charge >= 0.3 is 0 Å². The van der Waals surface area contributed by atoms with E-state index in [0.29, 0.717) is 0 Å². The highest BCUT2D eigenvalue weighted by Gasteiger charge is 2.43. The number of para-hydroxylation sites is 10. The largest absolute Gasteiger partial charge is 0.456 e. The minimum absolute atomic E-state index is 0.749. The molecular formula is C61H39N7OSi. The van der Waals surface area contributed by atoms with E-state index < -0.39 is 8.07 Å². The Morgan fingerprint density at radius 3 is 1.37 bits per heavy atom. The third-order valence-electron chi connectivity index (χ3n) is 14.3.